The molecule has 140 valence electrons. The molecule has 0 aromatic heterocycles. The van der Waals surface area contributed by atoms with Gasteiger partial charge in [-0.25, -0.2) is 0 Å². The lowest BCUT2D eigenvalue weighted by Crippen LogP contribution is -3.07. The van der Waals surface area contributed by atoms with Crippen LogP contribution in [0, 0.1) is 0 Å². The van der Waals surface area contributed by atoms with Crippen LogP contribution in [0.1, 0.15) is 22.0 Å². The van der Waals surface area contributed by atoms with Crippen molar-refractivity contribution in [2.24, 2.45) is 0 Å². The lowest BCUT2D eigenvalue weighted by atomic mass is 10.1. The molecular weight excluding hydrogens is 342 g/mol. The van der Waals surface area contributed by atoms with Crippen LogP contribution >= 0.6 is 0 Å². The number of nitrogens with one attached hydrogen (secondary N) is 2. The van der Waals surface area contributed by atoms with Gasteiger partial charge >= 0.3 is 6.61 Å². The van der Waals surface area contributed by atoms with Crippen molar-refractivity contribution in [3.05, 3.63) is 59.7 Å². The topological polar surface area (TPSA) is 52.0 Å². The summed E-state index contributed by atoms with van der Waals surface area (Å²) < 4.78 is 34.2. The van der Waals surface area contributed by atoms with Crippen LogP contribution < -0.4 is 19.7 Å². The van der Waals surface area contributed by atoms with Crippen molar-refractivity contribution in [2.45, 2.75) is 12.7 Å². The number of hydrogen-bond donors (Lipinski definition) is 2. The summed E-state index contributed by atoms with van der Waals surface area (Å²) in [6.45, 7) is -2.53. The third-order valence-corrected chi connectivity index (χ3v) is 4.01. The molecule has 5 nitrogen and oxygen atoms in total. The second-order valence-corrected chi connectivity index (χ2v) is 5.99. The van der Waals surface area contributed by atoms with E-state index in [1.807, 2.05) is 44.4 Å². The van der Waals surface area contributed by atoms with Crippen LogP contribution in [-0.2, 0) is 0 Å². The van der Waals surface area contributed by atoms with Crippen LogP contribution in [0.4, 0.5) is 8.78 Å². The second kappa shape index (κ2) is 9.15. The van der Waals surface area contributed by atoms with Crippen molar-refractivity contribution in [1.82, 2.24) is 5.32 Å². The van der Waals surface area contributed by atoms with Gasteiger partial charge in [-0.15, -0.1) is 0 Å². The average Bonchev–Trinajstić information content (AvgIpc) is 2.62. The molecule has 2 aromatic rings. The number of likely N-dealkylation sites (N-methyl/N-ethyl adjacent to an activating group) is 1. The molecule has 0 heterocycles. The number of ether oxygens (including phenoxy) is 2. The molecule has 0 spiro atoms. The quantitative estimate of drug-likeness (QED) is 0.752. The molecule has 0 aliphatic rings. The number of rotatable bonds is 8. The van der Waals surface area contributed by atoms with Crippen molar-refractivity contribution in [1.29, 1.82) is 0 Å². The standard InChI is InChI=1S/C19H22F2N2O3/c1-23(2)15(13-7-5-4-6-8-13)12-22-18(24)14-9-10-16(26-19(20)21)17(11-14)25-3/h4-11,15,19H,12H2,1-3H3,(H,22,24)/p+1/t15-/m1/s1. The molecule has 7 heteroatoms. The van der Waals surface area contributed by atoms with Gasteiger partial charge in [0, 0.05) is 11.1 Å². The first-order chi connectivity index (χ1) is 12.4. The van der Waals surface area contributed by atoms with E-state index in [2.05, 4.69) is 10.1 Å². The molecule has 1 amide bonds. The number of quaternary nitrogens is 1. The molecule has 0 aliphatic carbocycles. The number of carbonyl (C=O) groups excluding carboxylic acids is 1. The smallest absolute Gasteiger partial charge is 0.387 e. The summed E-state index contributed by atoms with van der Waals surface area (Å²) in [4.78, 5) is 13.6. The Balaban J connectivity index is 2.09. The van der Waals surface area contributed by atoms with Crippen LogP contribution in [0.15, 0.2) is 48.5 Å². The van der Waals surface area contributed by atoms with Gasteiger partial charge in [0.25, 0.3) is 5.91 Å². The fourth-order valence-corrected chi connectivity index (χ4v) is 2.64. The average molecular weight is 365 g/mol. The predicted octanol–water partition coefficient (Wildman–Crippen LogP) is 1.91. The van der Waals surface area contributed by atoms with E-state index in [-0.39, 0.29) is 23.4 Å². The molecule has 0 radical (unpaired) electrons. The lowest BCUT2D eigenvalue weighted by Gasteiger charge is -2.22. The molecule has 0 unspecified atom stereocenters. The Morgan fingerprint density at radius 2 is 1.81 bits per heavy atom. The number of amides is 1. The number of alkyl halides is 2. The molecule has 2 N–H and O–H groups in total. The minimum atomic E-state index is -2.96. The first-order valence-corrected chi connectivity index (χ1v) is 8.18. The fraction of sp³-hybridized carbons (Fsp3) is 0.316. The molecule has 2 rings (SSSR count). The maximum atomic E-state index is 12.4. The third-order valence-electron chi connectivity index (χ3n) is 4.01. The molecule has 0 bridgehead atoms. The van der Waals surface area contributed by atoms with E-state index in [1.54, 1.807) is 0 Å². The summed E-state index contributed by atoms with van der Waals surface area (Å²) in [5.74, 6) is -0.344. The van der Waals surface area contributed by atoms with Crippen molar-refractivity contribution in [3.8, 4) is 11.5 Å². The Kier molecular flexibility index (Phi) is 6.91. The first-order valence-electron chi connectivity index (χ1n) is 8.18. The molecular formula is C19H23F2N2O3+. The number of methoxy groups -OCH3 is 1. The van der Waals surface area contributed by atoms with E-state index < -0.39 is 6.61 Å². The minimum Gasteiger partial charge on any atom is -0.493 e. The Morgan fingerprint density at radius 3 is 2.38 bits per heavy atom. The van der Waals surface area contributed by atoms with Gasteiger partial charge in [-0.05, 0) is 18.2 Å². The monoisotopic (exact) mass is 365 g/mol. The molecule has 2 aromatic carbocycles. The zero-order valence-corrected chi connectivity index (χ0v) is 15.0. The van der Waals surface area contributed by atoms with Gasteiger partial charge in [0.2, 0.25) is 0 Å². The van der Waals surface area contributed by atoms with Crippen LogP contribution in [-0.4, -0.2) is 40.3 Å². The Bertz CT molecular complexity index is 724. The van der Waals surface area contributed by atoms with Crippen molar-refractivity contribution >= 4 is 5.91 Å². The molecule has 26 heavy (non-hydrogen) atoms. The predicted molar refractivity (Wildman–Crippen MR) is 94.0 cm³/mol. The SMILES string of the molecule is COc1cc(C(=O)NC[C@H](c2ccccc2)[NH+](C)C)ccc1OC(F)F. The van der Waals surface area contributed by atoms with Crippen molar-refractivity contribution in [3.63, 3.8) is 0 Å². The number of benzene rings is 2. The molecule has 0 aliphatic heterocycles. The largest absolute Gasteiger partial charge is 0.493 e. The zero-order chi connectivity index (χ0) is 19.1. The zero-order valence-electron chi connectivity index (χ0n) is 15.0. The minimum absolute atomic E-state index is 0.0794. The second-order valence-electron chi connectivity index (χ2n) is 5.99. The fourth-order valence-electron chi connectivity index (χ4n) is 2.64. The Hall–Kier alpha value is -2.67. The third kappa shape index (κ3) is 5.16. The van der Waals surface area contributed by atoms with E-state index in [9.17, 15) is 13.6 Å². The first kappa shape index (κ1) is 19.7. The van der Waals surface area contributed by atoms with E-state index in [1.165, 1.54) is 30.2 Å². The number of carbonyl (C=O) groups is 1. The highest BCUT2D eigenvalue weighted by Gasteiger charge is 2.20. The number of halogens is 2. The maximum absolute atomic E-state index is 12.4. The normalized spacial score (nSPS) is 12.1. The van der Waals surface area contributed by atoms with Gasteiger partial charge < -0.3 is 19.7 Å². The van der Waals surface area contributed by atoms with Crippen molar-refractivity contribution in [2.75, 3.05) is 27.7 Å². The van der Waals surface area contributed by atoms with Gasteiger partial charge in [-0.3, -0.25) is 4.79 Å². The van der Waals surface area contributed by atoms with E-state index in [0.29, 0.717) is 12.1 Å². The molecule has 0 saturated carbocycles. The Morgan fingerprint density at radius 1 is 1.12 bits per heavy atom. The van der Waals surface area contributed by atoms with E-state index in [4.69, 9.17) is 4.74 Å². The molecule has 0 fully saturated rings. The maximum Gasteiger partial charge on any atom is 0.387 e. The highest BCUT2D eigenvalue weighted by molar-refractivity contribution is 5.94. The van der Waals surface area contributed by atoms with Crippen LogP contribution in [0.5, 0.6) is 11.5 Å². The van der Waals surface area contributed by atoms with Gasteiger partial charge in [0.15, 0.2) is 11.5 Å². The highest BCUT2D eigenvalue weighted by Crippen LogP contribution is 2.29. The van der Waals surface area contributed by atoms with Crippen LogP contribution in [0.3, 0.4) is 0 Å². The van der Waals surface area contributed by atoms with E-state index >= 15 is 0 Å². The van der Waals surface area contributed by atoms with Gasteiger partial charge in [0.1, 0.15) is 6.04 Å². The summed E-state index contributed by atoms with van der Waals surface area (Å²) in [6.07, 6.45) is 0. The summed E-state index contributed by atoms with van der Waals surface area (Å²) >= 11 is 0. The summed E-state index contributed by atoms with van der Waals surface area (Å²) in [7, 11) is 5.36. The van der Waals surface area contributed by atoms with Crippen LogP contribution in [0.2, 0.25) is 0 Å². The molecule has 0 saturated heterocycles. The highest BCUT2D eigenvalue weighted by atomic mass is 19.3. The lowest BCUT2D eigenvalue weighted by molar-refractivity contribution is -0.890. The van der Waals surface area contributed by atoms with Crippen molar-refractivity contribution < 1.29 is 27.9 Å². The summed E-state index contributed by atoms with van der Waals surface area (Å²) in [5.41, 5.74) is 1.43. The van der Waals surface area contributed by atoms with Gasteiger partial charge in [-0.1, -0.05) is 30.3 Å². The Labute approximate surface area is 151 Å². The number of hydrogen-bond acceptors (Lipinski definition) is 3. The molecule has 1 atom stereocenters. The summed E-state index contributed by atoms with van der Waals surface area (Å²) in [6, 6.07) is 14.1. The summed E-state index contributed by atoms with van der Waals surface area (Å²) in [5, 5.41) is 2.89. The van der Waals surface area contributed by atoms with E-state index in [0.717, 1.165) is 5.56 Å². The van der Waals surface area contributed by atoms with Gasteiger partial charge in [0.05, 0.1) is 27.7 Å². The van der Waals surface area contributed by atoms with Gasteiger partial charge in [-0.2, -0.15) is 8.78 Å². The van der Waals surface area contributed by atoms with Crippen LogP contribution in [0.25, 0.3) is 0 Å².